The van der Waals surface area contributed by atoms with E-state index in [1.165, 1.54) is 0 Å². The molecule has 5 nitrogen and oxygen atoms in total. The third kappa shape index (κ3) is 3.57. The Hall–Kier alpha value is -4.95. The number of nitriles is 1. The van der Waals surface area contributed by atoms with Crippen LogP contribution in [-0.4, -0.2) is 16.1 Å². The Balaban J connectivity index is 1.52. The average molecular weight is 467 g/mol. The number of aromatic amines is 1. The number of carbonyl (C=O) groups excluding carboxylic acids is 1. The zero-order valence-electron chi connectivity index (χ0n) is 19.7. The largest absolute Gasteiger partial charge is 0.303 e. The average Bonchev–Trinajstić information content (AvgIpc) is 3.52. The van der Waals surface area contributed by atoms with E-state index in [1.807, 2.05) is 59.5 Å². The molecular weight excluding hydrogens is 444 g/mol. The molecular formula is C31H22N4O. The van der Waals surface area contributed by atoms with Gasteiger partial charge in [-0.15, -0.1) is 0 Å². The van der Waals surface area contributed by atoms with Crippen LogP contribution in [0, 0.1) is 18.3 Å². The fourth-order valence-corrected chi connectivity index (χ4v) is 5.06. The lowest BCUT2D eigenvalue weighted by atomic mass is 9.94. The summed E-state index contributed by atoms with van der Waals surface area (Å²) in [5.74, 6) is -0.0285. The van der Waals surface area contributed by atoms with Crippen molar-refractivity contribution in [2.24, 2.45) is 0 Å². The highest BCUT2D eigenvalue weighted by molar-refractivity contribution is 6.36. The van der Waals surface area contributed by atoms with Crippen molar-refractivity contribution in [1.29, 1.82) is 5.26 Å². The molecule has 6 rings (SSSR count). The Labute approximate surface area is 208 Å². The summed E-state index contributed by atoms with van der Waals surface area (Å²) in [6.07, 6.45) is 5.39. The summed E-state index contributed by atoms with van der Waals surface area (Å²) in [6, 6.07) is 28.3. The monoisotopic (exact) mass is 466 g/mol. The van der Waals surface area contributed by atoms with Gasteiger partial charge in [0.25, 0.3) is 5.91 Å². The number of hydrogen-bond donors (Lipinski definition) is 1. The van der Waals surface area contributed by atoms with Crippen LogP contribution in [-0.2, 0) is 11.3 Å². The number of hydrogen-bond acceptors (Lipinski definition) is 3. The van der Waals surface area contributed by atoms with E-state index in [-0.39, 0.29) is 5.91 Å². The van der Waals surface area contributed by atoms with Gasteiger partial charge in [-0.25, -0.2) is 0 Å². The van der Waals surface area contributed by atoms with E-state index in [0.717, 1.165) is 49.8 Å². The molecule has 0 spiro atoms. The van der Waals surface area contributed by atoms with E-state index < -0.39 is 0 Å². The minimum Gasteiger partial charge on any atom is -0.303 e. The number of fused-ring (bicyclic) bond motifs is 2. The third-order valence-corrected chi connectivity index (χ3v) is 6.83. The van der Waals surface area contributed by atoms with Gasteiger partial charge in [-0.1, -0.05) is 66.7 Å². The molecule has 5 heteroatoms. The first kappa shape index (κ1) is 21.6. The standard InChI is InChI=1S/C31H22N4O/c1-20-26(24-11-9-21(16-32)10-12-24)13-14-28-29(15-22-17-33-34-18-22)31(36)35(30(20)28)19-25-7-4-6-23-5-2-3-8-27(23)25/h2-15,17-18H,19H2,1H3,(H,33,34). The maximum absolute atomic E-state index is 13.9. The van der Waals surface area contributed by atoms with Crippen molar-refractivity contribution in [2.75, 3.05) is 4.90 Å². The first-order valence-corrected chi connectivity index (χ1v) is 11.8. The van der Waals surface area contributed by atoms with Gasteiger partial charge < -0.3 is 4.90 Å². The summed E-state index contributed by atoms with van der Waals surface area (Å²) in [5.41, 5.74) is 8.14. The van der Waals surface area contributed by atoms with Crippen LogP contribution >= 0.6 is 0 Å². The van der Waals surface area contributed by atoms with E-state index in [9.17, 15) is 10.1 Å². The molecule has 0 saturated carbocycles. The van der Waals surface area contributed by atoms with Crippen LogP contribution in [0.1, 0.15) is 27.8 Å². The molecule has 0 radical (unpaired) electrons. The second kappa shape index (κ2) is 8.68. The Morgan fingerprint density at radius 2 is 1.75 bits per heavy atom. The van der Waals surface area contributed by atoms with Gasteiger partial charge in [-0.05, 0) is 58.2 Å². The SMILES string of the molecule is Cc1c(-c2ccc(C#N)cc2)ccc2c1N(Cc1cccc3ccccc13)C(=O)C2=Cc1cn[nH]c1. The predicted molar refractivity (Wildman–Crippen MR) is 143 cm³/mol. The molecule has 4 aromatic carbocycles. The number of aromatic nitrogens is 2. The van der Waals surface area contributed by atoms with Gasteiger partial charge in [0.2, 0.25) is 0 Å². The number of amides is 1. The first-order valence-electron chi connectivity index (χ1n) is 11.8. The van der Waals surface area contributed by atoms with Crippen molar-refractivity contribution in [3.8, 4) is 17.2 Å². The Morgan fingerprint density at radius 1 is 0.972 bits per heavy atom. The highest BCUT2D eigenvalue weighted by Crippen LogP contribution is 2.44. The van der Waals surface area contributed by atoms with Crippen molar-refractivity contribution in [3.63, 3.8) is 0 Å². The normalized spacial score (nSPS) is 13.8. The number of benzene rings is 4. The van der Waals surface area contributed by atoms with Crippen molar-refractivity contribution < 1.29 is 4.79 Å². The highest BCUT2D eigenvalue weighted by Gasteiger charge is 2.35. The maximum atomic E-state index is 13.9. The molecule has 0 saturated heterocycles. The van der Waals surface area contributed by atoms with Crippen LogP contribution in [0.4, 0.5) is 5.69 Å². The van der Waals surface area contributed by atoms with Gasteiger partial charge in [0.1, 0.15) is 0 Å². The number of H-pyrrole nitrogens is 1. The zero-order chi connectivity index (χ0) is 24.6. The van der Waals surface area contributed by atoms with Crippen LogP contribution in [0.25, 0.3) is 33.5 Å². The van der Waals surface area contributed by atoms with Gasteiger partial charge in [-0.3, -0.25) is 9.89 Å². The molecule has 5 aromatic rings. The summed E-state index contributed by atoms with van der Waals surface area (Å²) in [5, 5.41) is 18.3. The Bertz CT molecular complexity index is 1680. The van der Waals surface area contributed by atoms with Crippen molar-refractivity contribution in [3.05, 3.63) is 119 Å². The van der Waals surface area contributed by atoms with Crippen LogP contribution in [0.5, 0.6) is 0 Å². The quantitative estimate of drug-likeness (QED) is 0.307. The fraction of sp³-hybridized carbons (Fsp3) is 0.0645. The minimum absolute atomic E-state index is 0.0285. The molecule has 1 aliphatic heterocycles. The van der Waals surface area contributed by atoms with Crippen LogP contribution in [0.15, 0.2) is 91.3 Å². The molecule has 0 fully saturated rings. The summed E-state index contributed by atoms with van der Waals surface area (Å²) in [7, 11) is 0. The molecule has 172 valence electrons. The molecule has 0 bridgehead atoms. The van der Waals surface area contributed by atoms with E-state index in [1.54, 1.807) is 12.4 Å². The molecule has 0 atom stereocenters. The van der Waals surface area contributed by atoms with Gasteiger partial charge in [-0.2, -0.15) is 10.4 Å². The molecule has 0 unspecified atom stereocenters. The summed E-state index contributed by atoms with van der Waals surface area (Å²) in [6.45, 7) is 2.53. The molecule has 1 aromatic heterocycles. The van der Waals surface area contributed by atoms with Crippen molar-refractivity contribution in [1.82, 2.24) is 10.2 Å². The Kier molecular flexibility index (Phi) is 5.20. The summed E-state index contributed by atoms with van der Waals surface area (Å²) < 4.78 is 0. The van der Waals surface area contributed by atoms with Crippen molar-refractivity contribution >= 4 is 34.0 Å². The van der Waals surface area contributed by atoms with Gasteiger partial charge in [0.15, 0.2) is 0 Å². The number of nitrogens with zero attached hydrogens (tertiary/aromatic N) is 3. The number of carbonyl (C=O) groups is 1. The third-order valence-electron chi connectivity index (χ3n) is 6.83. The lowest BCUT2D eigenvalue weighted by molar-refractivity contribution is -0.113. The maximum Gasteiger partial charge on any atom is 0.259 e. The molecule has 1 N–H and O–H groups in total. The number of nitrogens with one attached hydrogen (secondary N) is 1. The number of anilines is 1. The van der Waals surface area contributed by atoms with E-state index in [0.29, 0.717) is 17.7 Å². The smallest absolute Gasteiger partial charge is 0.259 e. The summed E-state index contributed by atoms with van der Waals surface area (Å²) >= 11 is 0. The van der Waals surface area contributed by atoms with Crippen LogP contribution < -0.4 is 4.90 Å². The highest BCUT2D eigenvalue weighted by atomic mass is 16.2. The van der Waals surface area contributed by atoms with E-state index in [4.69, 9.17) is 0 Å². The lowest BCUT2D eigenvalue weighted by Gasteiger charge is -2.22. The summed E-state index contributed by atoms with van der Waals surface area (Å²) in [4.78, 5) is 15.8. The van der Waals surface area contributed by atoms with Gasteiger partial charge in [0, 0.05) is 22.9 Å². The molecule has 0 aliphatic carbocycles. The lowest BCUT2D eigenvalue weighted by Crippen LogP contribution is -2.26. The van der Waals surface area contributed by atoms with E-state index >= 15 is 0 Å². The minimum atomic E-state index is -0.0285. The van der Waals surface area contributed by atoms with Crippen LogP contribution in [0.3, 0.4) is 0 Å². The Morgan fingerprint density at radius 3 is 2.53 bits per heavy atom. The second-order valence-corrected chi connectivity index (χ2v) is 8.94. The molecule has 1 aliphatic rings. The fourth-order valence-electron chi connectivity index (χ4n) is 5.06. The predicted octanol–water partition coefficient (Wildman–Crippen LogP) is 6.50. The van der Waals surface area contributed by atoms with Gasteiger partial charge >= 0.3 is 0 Å². The molecule has 2 heterocycles. The molecule has 36 heavy (non-hydrogen) atoms. The topological polar surface area (TPSA) is 72.8 Å². The van der Waals surface area contributed by atoms with Crippen LogP contribution in [0.2, 0.25) is 0 Å². The van der Waals surface area contributed by atoms with Crippen molar-refractivity contribution in [2.45, 2.75) is 13.5 Å². The van der Waals surface area contributed by atoms with Gasteiger partial charge in [0.05, 0.1) is 30.1 Å². The van der Waals surface area contributed by atoms with E-state index in [2.05, 4.69) is 53.5 Å². The second-order valence-electron chi connectivity index (χ2n) is 8.94. The number of rotatable bonds is 4. The molecule has 1 amide bonds. The zero-order valence-corrected chi connectivity index (χ0v) is 19.7. The first-order chi connectivity index (χ1) is 17.6.